The Morgan fingerprint density at radius 2 is 1.61 bits per heavy atom. The SMILES string of the molecule is Cc1cc([N+](C)(C)C)cc(C)c1[N+]1=CC2(C)CCC1(C)CC2C. The molecule has 2 aliphatic heterocycles. The second-order valence-corrected chi connectivity index (χ2v) is 9.55. The fourth-order valence-electron chi connectivity index (χ4n) is 4.68. The van der Waals surface area contributed by atoms with Crippen LogP contribution in [0.2, 0.25) is 0 Å². The van der Waals surface area contributed by atoms with Crippen LogP contribution in [0, 0.1) is 25.2 Å². The number of nitrogens with zero attached hydrogens (tertiary/aromatic N) is 2. The highest BCUT2D eigenvalue weighted by molar-refractivity contribution is 5.67. The lowest BCUT2D eigenvalue weighted by Crippen LogP contribution is -2.55. The molecule has 1 aromatic carbocycles. The molecule has 0 spiro atoms. The van der Waals surface area contributed by atoms with Crippen LogP contribution in [0.4, 0.5) is 11.4 Å². The molecule has 2 heterocycles. The Morgan fingerprint density at radius 3 is 2.09 bits per heavy atom. The summed E-state index contributed by atoms with van der Waals surface area (Å²) in [5.74, 6) is 0.781. The quantitative estimate of drug-likeness (QED) is 0.544. The van der Waals surface area contributed by atoms with Crippen LogP contribution in [0.3, 0.4) is 0 Å². The number of benzene rings is 1. The minimum atomic E-state index is 0.283. The van der Waals surface area contributed by atoms with Crippen molar-refractivity contribution >= 4 is 17.6 Å². The van der Waals surface area contributed by atoms with Crippen LogP contribution in [0.15, 0.2) is 12.1 Å². The lowest BCUT2D eigenvalue weighted by atomic mass is 9.60. The van der Waals surface area contributed by atoms with Crippen molar-refractivity contribution in [2.45, 2.75) is 59.4 Å². The van der Waals surface area contributed by atoms with E-state index in [0.717, 1.165) is 10.4 Å². The summed E-state index contributed by atoms with van der Waals surface area (Å²) in [6, 6.07) is 4.77. The predicted octanol–water partition coefficient (Wildman–Crippen LogP) is 4.81. The van der Waals surface area contributed by atoms with Crippen molar-refractivity contribution in [3.63, 3.8) is 0 Å². The molecule has 23 heavy (non-hydrogen) atoms. The molecule has 0 radical (unpaired) electrons. The number of fused-ring (bicyclic) bond motifs is 2. The average molecular weight is 315 g/mol. The van der Waals surface area contributed by atoms with Crippen LogP contribution in [0.5, 0.6) is 0 Å². The molecule has 0 N–H and O–H groups in total. The molecule has 1 aliphatic carbocycles. The third kappa shape index (κ3) is 2.55. The molecule has 126 valence electrons. The standard InChI is InChI=1S/C21H34N2/c1-15-11-18(23(6,7)8)12-16(2)19(15)22-14-20(4)9-10-21(22,5)13-17(20)3/h11-12,14,17H,9-10,13H2,1-8H3/q+2. The minimum absolute atomic E-state index is 0.283. The highest BCUT2D eigenvalue weighted by Gasteiger charge is 2.55. The molecular formula is C21H34N2+2. The van der Waals surface area contributed by atoms with E-state index in [4.69, 9.17) is 0 Å². The first-order valence-corrected chi connectivity index (χ1v) is 9.05. The van der Waals surface area contributed by atoms with E-state index in [-0.39, 0.29) is 5.54 Å². The van der Waals surface area contributed by atoms with Gasteiger partial charge in [-0.3, -0.25) is 4.48 Å². The monoisotopic (exact) mass is 314 g/mol. The van der Waals surface area contributed by atoms with Gasteiger partial charge in [-0.25, -0.2) is 0 Å². The molecule has 0 aromatic heterocycles. The van der Waals surface area contributed by atoms with Crippen molar-refractivity contribution in [3.8, 4) is 0 Å². The van der Waals surface area contributed by atoms with Crippen molar-refractivity contribution in [3.05, 3.63) is 23.3 Å². The van der Waals surface area contributed by atoms with Gasteiger partial charge < -0.3 is 0 Å². The maximum absolute atomic E-state index is 2.64. The molecule has 1 fully saturated rings. The number of rotatable bonds is 2. The Balaban J connectivity index is 2.17. The molecule has 2 heteroatoms. The molecule has 0 saturated heterocycles. The van der Waals surface area contributed by atoms with E-state index in [1.54, 1.807) is 0 Å². The molecule has 1 saturated carbocycles. The van der Waals surface area contributed by atoms with Gasteiger partial charge in [-0.2, -0.15) is 4.58 Å². The van der Waals surface area contributed by atoms with E-state index in [1.807, 2.05) is 0 Å². The molecule has 0 amide bonds. The van der Waals surface area contributed by atoms with Crippen molar-refractivity contribution in [1.82, 2.24) is 4.48 Å². The maximum atomic E-state index is 2.64. The van der Waals surface area contributed by atoms with Crippen LogP contribution in [-0.4, -0.2) is 37.5 Å². The van der Waals surface area contributed by atoms with Crippen LogP contribution < -0.4 is 4.48 Å². The molecule has 3 atom stereocenters. The van der Waals surface area contributed by atoms with Crippen molar-refractivity contribution < 1.29 is 4.58 Å². The summed E-state index contributed by atoms with van der Waals surface area (Å²) in [6.07, 6.45) is 6.50. The van der Waals surface area contributed by atoms with Gasteiger partial charge >= 0.3 is 0 Å². The molecular weight excluding hydrogens is 280 g/mol. The fraction of sp³-hybridized carbons (Fsp3) is 0.667. The van der Waals surface area contributed by atoms with E-state index in [2.05, 4.69) is 78.7 Å². The van der Waals surface area contributed by atoms with Crippen LogP contribution in [-0.2, 0) is 0 Å². The van der Waals surface area contributed by atoms with Gasteiger partial charge in [-0.1, -0.05) is 13.8 Å². The first kappa shape index (κ1) is 16.7. The van der Waals surface area contributed by atoms with Crippen molar-refractivity contribution in [2.24, 2.45) is 11.3 Å². The summed E-state index contributed by atoms with van der Waals surface area (Å²) in [5, 5.41) is 0. The smallest absolute Gasteiger partial charge is 0.211 e. The van der Waals surface area contributed by atoms with Gasteiger partial charge in [-0.15, -0.1) is 0 Å². The lowest BCUT2D eigenvalue weighted by Gasteiger charge is -2.48. The van der Waals surface area contributed by atoms with Gasteiger partial charge in [0.1, 0.15) is 5.69 Å². The van der Waals surface area contributed by atoms with Crippen LogP contribution in [0.1, 0.15) is 51.2 Å². The Hall–Kier alpha value is -1.15. The average Bonchev–Trinajstić information content (AvgIpc) is 2.40. The van der Waals surface area contributed by atoms with Crippen LogP contribution >= 0.6 is 0 Å². The summed E-state index contributed by atoms with van der Waals surface area (Å²) in [7, 11) is 6.73. The van der Waals surface area contributed by atoms with Gasteiger partial charge in [0, 0.05) is 48.4 Å². The summed E-state index contributed by atoms with van der Waals surface area (Å²) >= 11 is 0. The fourth-order valence-corrected chi connectivity index (χ4v) is 4.68. The first-order valence-electron chi connectivity index (χ1n) is 9.05. The number of hydrogen-bond donors (Lipinski definition) is 0. The van der Waals surface area contributed by atoms with Crippen LogP contribution in [0.25, 0.3) is 0 Å². The Kier molecular flexibility index (Phi) is 3.57. The summed E-state index contributed by atoms with van der Waals surface area (Å²) in [4.78, 5) is 0. The van der Waals surface area contributed by atoms with E-state index >= 15 is 0 Å². The zero-order chi connectivity index (χ0) is 17.2. The summed E-state index contributed by atoms with van der Waals surface area (Å²) in [5.41, 5.74) is 6.29. The van der Waals surface area contributed by atoms with Gasteiger partial charge in [0.25, 0.3) is 0 Å². The zero-order valence-corrected chi connectivity index (χ0v) is 16.3. The Bertz CT molecular complexity index is 657. The second-order valence-electron chi connectivity index (χ2n) is 9.55. The van der Waals surface area contributed by atoms with Gasteiger partial charge in [-0.05, 0) is 26.2 Å². The third-order valence-corrected chi connectivity index (χ3v) is 6.57. The first-order chi connectivity index (χ1) is 10.5. The highest BCUT2D eigenvalue weighted by atomic mass is 15.3. The maximum Gasteiger partial charge on any atom is 0.211 e. The predicted molar refractivity (Wildman–Crippen MR) is 101 cm³/mol. The van der Waals surface area contributed by atoms with Gasteiger partial charge in [0.05, 0.1) is 21.1 Å². The second kappa shape index (κ2) is 4.92. The number of aryl methyl sites for hydroxylation is 2. The molecule has 1 aromatic rings. The highest BCUT2D eigenvalue weighted by Crippen LogP contribution is 2.51. The normalized spacial score (nSPS) is 33.7. The molecule has 2 bridgehead atoms. The molecule has 2 nitrogen and oxygen atoms in total. The largest absolute Gasteiger partial charge is 0.298 e. The molecule has 3 unspecified atom stereocenters. The van der Waals surface area contributed by atoms with Crippen molar-refractivity contribution in [1.29, 1.82) is 0 Å². The zero-order valence-electron chi connectivity index (χ0n) is 16.3. The number of quaternary nitrogens is 1. The molecule has 3 aliphatic rings. The van der Waals surface area contributed by atoms with Crippen molar-refractivity contribution in [2.75, 3.05) is 21.1 Å². The Morgan fingerprint density at radius 1 is 1.04 bits per heavy atom. The third-order valence-electron chi connectivity index (χ3n) is 6.57. The van der Waals surface area contributed by atoms with E-state index in [0.29, 0.717) is 5.41 Å². The number of hydrogen-bond acceptors (Lipinski definition) is 0. The summed E-state index contributed by atoms with van der Waals surface area (Å²) < 4.78 is 3.51. The summed E-state index contributed by atoms with van der Waals surface area (Å²) in [6.45, 7) is 11.9. The topological polar surface area (TPSA) is 3.01 Å². The van der Waals surface area contributed by atoms with Gasteiger partial charge in [0.2, 0.25) is 5.69 Å². The van der Waals surface area contributed by atoms with E-state index in [1.165, 1.54) is 41.8 Å². The molecule has 4 rings (SSSR count). The van der Waals surface area contributed by atoms with E-state index < -0.39 is 0 Å². The minimum Gasteiger partial charge on any atom is -0.298 e. The van der Waals surface area contributed by atoms with Gasteiger partial charge in [0.15, 0.2) is 11.8 Å². The van der Waals surface area contributed by atoms with E-state index in [9.17, 15) is 0 Å². The Labute approximate surface area is 142 Å². The lowest BCUT2D eigenvalue weighted by molar-refractivity contribution is -0.552.